The van der Waals surface area contributed by atoms with Crippen molar-refractivity contribution in [3.05, 3.63) is 0 Å². The lowest BCUT2D eigenvalue weighted by molar-refractivity contribution is -0.121. The Labute approximate surface area is 115 Å². The molecule has 1 saturated heterocycles. The third kappa shape index (κ3) is 5.19. The molecular formula is C14H27N3O2. The summed E-state index contributed by atoms with van der Waals surface area (Å²) >= 11 is 0. The van der Waals surface area contributed by atoms with Crippen LogP contribution in [0.15, 0.2) is 0 Å². The summed E-state index contributed by atoms with van der Waals surface area (Å²) in [6.45, 7) is 8.37. The van der Waals surface area contributed by atoms with Crippen molar-refractivity contribution in [2.75, 3.05) is 0 Å². The summed E-state index contributed by atoms with van der Waals surface area (Å²) in [7, 11) is 0. The first-order valence-corrected chi connectivity index (χ1v) is 7.14. The van der Waals surface area contributed by atoms with Gasteiger partial charge in [-0.05, 0) is 24.7 Å². The Kier molecular flexibility index (Phi) is 5.79. The van der Waals surface area contributed by atoms with Crippen LogP contribution in [0.4, 0.5) is 0 Å². The second-order valence-corrected chi connectivity index (χ2v) is 6.37. The highest BCUT2D eigenvalue weighted by atomic mass is 16.2. The summed E-state index contributed by atoms with van der Waals surface area (Å²) in [5.41, 5.74) is 5.44. The average Bonchev–Trinajstić information content (AvgIpc) is 2.56. The van der Waals surface area contributed by atoms with Gasteiger partial charge in [0.1, 0.15) is 0 Å². The highest BCUT2D eigenvalue weighted by Gasteiger charge is 2.34. The summed E-state index contributed by atoms with van der Waals surface area (Å²) in [4.78, 5) is 23.0. The standard InChI is InChI=1S/C14H27N3O2/c1-8(2)5-10-11(7-13(18)17-10)16-12(14(15)19)6-9(3)4/h8-12,16H,5-7H2,1-4H3,(H2,15,19)(H,17,18)/t10-,11-,12-/m0/s1. The summed E-state index contributed by atoms with van der Waals surface area (Å²) in [5, 5.41) is 6.25. The van der Waals surface area contributed by atoms with E-state index in [0.717, 1.165) is 6.42 Å². The van der Waals surface area contributed by atoms with Crippen LogP contribution in [0.2, 0.25) is 0 Å². The number of nitrogens with two attached hydrogens (primary N) is 1. The third-order valence-corrected chi connectivity index (χ3v) is 3.43. The third-order valence-electron chi connectivity index (χ3n) is 3.43. The number of hydrogen-bond donors (Lipinski definition) is 3. The molecule has 5 nitrogen and oxygen atoms in total. The Morgan fingerprint density at radius 1 is 1.37 bits per heavy atom. The highest BCUT2D eigenvalue weighted by Crippen LogP contribution is 2.18. The van der Waals surface area contributed by atoms with Crippen LogP contribution in [0.25, 0.3) is 0 Å². The molecule has 0 aromatic heterocycles. The van der Waals surface area contributed by atoms with Gasteiger partial charge in [-0.1, -0.05) is 27.7 Å². The summed E-state index contributed by atoms with van der Waals surface area (Å²) in [6.07, 6.45) is 2.05. The van der Waals surface area contributed by atoms with Crippen molar-refractivity contribution in [1.82, 2.24) is 10.6 Å². The molecule has 0 spiro atoms. The van der Waals surface area contributed by atoms with E-state index in [0.29, 0.717) is 24.7 Å². The van der Waals surface area contributed by atoms with E-state index in [9.17, 15) is 9.59 Å². The second kappa shape index (κ2) is 6.89. The molecule has 0 bridgehead atoms. The molecule has 0 unspecified atom stereocenters. The van der Waals surface area contributed by atoms with Crippen LogP contribution < -0.4 is 16.4 Å². The van der Waals surface area contributed by atoms with Crippen molar-refractivity contribution in [1.29, 1.82) is 0 Å². The van der Waals surface area contributed by atoms with Crippen LogP contribution >= 0.6 is 0 Å². The molecule has 4 N–H and O–H groups in total. The van der Waals surface area contributed by atoms with E-state index in [1.807, 2.05) is 0 Å². The second-order valence-electron chi connectivity index (χ2n) is 6.37. The Morgan fingerprint density at radius 2 is 2.00 bits per heavy atom. The van der Waals surface area contributed by atoms with Crippen LogP contribution in [-0.4, -0.2) is 29.9 Å². The zero-order valence-electron chi connectivity index (χ0n) is 12.4. The van der Waals surface area contributed by atoms with Crippen molar-refractivity contribution < 1.29 is 9.59 Å². The fraction of sp³-hybridized carbons (Fsp3) is 0.857. The maximum absolute atomic E-state index is 11.6. The first-order chi connectivity index (χ1) is 8.79. The van der Waals surface area contributed by atoms with Crippen molar-refractivity contribution in [2.24, 2.45) is 17.6 Å². The van der Waals surface area contributed by atoms with E-state index in [-0.39, 0.29) is 29.9 Å². The van der Waals surface area contributed by atoms with Crippen molar-refractivity contribution in [3.8, 4) is 0 Å². The van der Waals surface area contributed by atoms with E-state index >= 15 is 0 Å². The smallest absolute Gasteiger partial charge is 0.234 e. The molecule has 2 amide bonds. The largest absolute Gasteiger partial charge is 0.368 e. The van der Waals surface area contributed by atoms with Gasteiger partial charge < -0.3 is 16.4 Å². The van der Waals surface area contributed by atoms with Gasteiger partial charge in [-0.15, -0.1) is 0 Å². The molecule has 0 saturated carbocycles. The van der Waals surface area contributed by atoms with Crippen LogP contribution in [0.5, 0.6) is 0 Å². The topological polar surface area (TPSA) is 84.2 Å². The molecule has 0 aliphatic carbocycles. The van der Waals surface area contributed by atoms with E-state index in [1.54, 1.807) is 0 Å². The average molecular weight is 269 g/mol. The normalized spacial score (nSPS) is 24.8. The molecule has 110 valence electrons. The molecule has 0 aromatic rings. The van der Waals surface area contributed by atoms with Gasteiger partial charge in [0.15, 0.2) is 0 Å². The Bertz CT molecular complexity index is 329. The fourth-order valence-electron chi connectivity index (χ4n) is 2.61. The minimum atomic E-state index is -0.354. The number of hydrogen-bond acceptors (Lipinski definition) is 3. The van der Waals surface area contributed by atoms with Gasteiger partial charge in [-0.2, -0.15) is 0 Å². The summed E-state index contributed by atoms with van der Waals surface area (Å²) in [6, 6.07) is -0.250. The zero-order valence-corrected chi connectivity index (χ0v) is 12.4. The number of primary amides is 1. The van der Waals surface area contributed by atoms with Crippen molar-refractivity contribution >= 4 is 11.8 Å². The molecule has 3 atom stereocenters. The first-order valence-electron chi connectivity index (χ1n) is 7.14. The van der Waals surface area contributed by atoms with Crippen LogP contribution in [-0.2, 0) is 9.59 Å². The van der Waals surface area contributed by atoms with Crippen molar-refractivity contribution in [2.45, 2.75) is 65.1 Å². The molecule has 1 heterocycles. The molecule has 1 aliphatic heterocycles. The Morgan fingerprint density at radius 3 is 2.47 bits per heavy atom. The lowest BCUT2D eigenvalue weighted by atomic mass is 9.96. The number of rotatable bonds is 7. The predicted molar refractivity (Wildman–Crippen MR) is 75.4 cm³/mol. The molecule has 5 heteroatoms. The molecular weight excluding hydrogens is 242 g/mol. The van der Waals surface area contributed by atoms with Gasteiger partial charge in [-0.3, -0.25) is 9.59 Å². The van der Waals surface area contributed by atoms with E-state index in [1.165, 1.54) is 0 Å². The summed E-state index contributed by atoms with van der Waals surface area (Å²) < 4.78 is 0. The van der Waals surface area contributed by atoms with Gasteiger partial charge in [0.05, 0.1) is 6.04 Å². The monoisotopic (exact) mass is 269 g/mol. The number of amides is 2. The lowest BCUT2D eigenvalue weighted by Crippen LogP contribution is -2.51. The maximum atomic E-state index is 11.6. The lowest BCUT2D eigenvalue weighted by Gasteiger charge is -2.26. The van der Waals surface area contributed by atoms with Gasteiger partial charge in [-0.25, -0.2) is 0 Å². The molecule has 1 aliphatic rings. The van der Waals surface area contributed by atoms with Crippen LogP contribution in [0, 0.1) is 11.8 Å². The van der Waals surface area contributed by atoms with Crippen LogP contribution in [0.3, 0.4) is 0 Å². The highest BCUT2D eigenvalue weighted by molar-refractivity contribution is 5.81. The maximum Gasteiger partial charge on any atom is 0.234 e. The summed E-state index contributed by atoms with van der Waals surface area (Å²) in [5.74, 6) is 0.607. The van der Waals surface area contributed by atoms with Gasteiger partial charge in [0, 0.05) is 18.5 Å². The quantitative estimate of drug-likeness (QED) is 0.638. The van der Waals surface area contributed by atoms with Gasteiger partial charge in [0.2, 0.25) is 11.8 Å². The Balaban J connectivity index is 2.65. The first kappa shape index (κ1) is 16.0. The molecule has 19 heavy (non-hydrogen) atoms. The molecule has 0 aromatic carbocycles. The Hall–Kier alpha value is -1.10. The SMILES string of the molecule is CC(C)C[C@H](N[C@H]1CC(=O)N[C@H]1CC(C)C)C(N)=O. The molecule has 1 rings (SSSR count). The number of carbonyl (C=O) groups is 2. The minimum absolute atomic E-state index is 0.00569. The van der Waals surface area contributed by atoms with E-state index in [2.05, 4.69) is 38.3 Å². The van der Waals surface area contributed by atoms with Crippen LogP contribution in [0.1, 0.15) is 47.0 Å². The fourth-order valence-corrected chi connectivity index (χ4v) is 2.61. The van der Waals surface area contributed by atoms with E-state index < -0.39 is 0 Å². The molecule has 0 radical (unpaired) electrons. The number of carbonyl (C=O) groups excluding carboxylic acids is 2. The van der Waals surface area contributed by atoms with E-state index in [4.69, 9.17) is 5.73 Å². The predicted octanol–water partition coefficient (Wildman–Crippen LogP) is 0.779. The van der Waals surface area contributed by atoms with Gasteiger partial charge >= 0.3 is 0 Å². The number of nitrogens with one attached hydrogen (secondary N) is 2. The molecule has 1 fully saturated rings. The van der Waals surface area contributed by atoms with Crippen molar-refractivity contribution in [3.63, 3.8) is 0 Å². The minimum Gasteiger partial charge on any atom is -0.368 e. The van der Waals surface area contributed by atoms with Gasteiger partial charge in [0.25, 0.3) is 0 Å². The zero-order chi connectivity index (χ0) is 14.6.